The number of phenolic OH excluding ortho intramolecular Hbond substituents is 1. The van der Waals surface area contributed by atoms with Gasteiger partial charge in [-0.3, -0.25) is 4.79 Å². The van der Waals surface area contributed by atoms with Crippen molar-refractivity contribution in [1.29, 1.82) is 0 Å². The minimum atomic E-state index is -0.628. The zero-order valence-electron chi connectivity index (χ0n) is 15.0. The molecule has 5 nitrogen and oxygen atoms in total. The quantitative estimate of drug-likeness (QED) is 0.582. The van der Waals surface area contributed by atoms with Crippen molar-refractivity contribution < 1.29 is 19.4 Å². The standard InChI is InChI=1S/C21H15Br2NO4/c1-9-15(21(27)28-2)16(10-7-13(22)20(26)14(23)8-10)17-18(24-9)11-5-3-4-6-12(11)19(17)25/h3-8,16,24,26H,1-2H3/t16-/m0/s1. The number of esters is 1. The molecule has 7 heteroatoms. The SMILES string of the molecule is COC(=O)C1=C(C)NC2=C(C(=O)c3ccccc32)[C@H]1c1cc(Br)c(O)c(Br)c1. The lowest BCUT2D eigenvalue weighted by atomic mass is 9.80. The summed E-state index contributed by atoms with van der Waals surface area (Å²) >= 11 is 6.68. The molecule has 1 aliphatic carbocycles. The van der Waals surface area contributed by atoms with Gasteiger partial charge in [0.2, 0.25) is 0 Å². The van der Waals surface area contributed by atoms with Crippen molar-refractivity contribution in [1.82, 2.24) is 5.32 Å². The Balaban J connectivity index is 1.99. The molecule has 0 amide bonds. The van der Waals surface area contributed by atoms with E-state index in [1.54, 1.807) is 25.1 Å². The summed E-state index contributed by atoms with van der Waals surface area (Å²) in [7, 11) is 1.32. The number of nitrogens with one attached hydrogen (secondary N) is 1. The molecule has 28 heavy (non-hydrogen) atoms. The molecule has 1 atom stereocenters. The molecule has 0 unspecified atom stereocenters. The molecule has 2 aliphatic rings. The molecule has 0 saturated carbocycles. The fourth-order valence-electron chi connectivity index (χ4n) is 3.79. The first-order chi connectivity index (χ1) is 13.3. The van der Waals surface area contributed by atoms with E-state index in [-0.39, 0.29) is 11.5 Å². The van der Waals surface area contributed by atoms with Gasteiger partial charge in [-0.2, -0.15) is 0 Å². The fraction of sp³-hybridized carbons (Fsp3) is 0.143. The maximum absolute atomic E-state index is 13.3. The number of dihydropyridines is 1. The summed E-state index contributed by atoms with van der Waals surface area (Å²) in [6.07, 6.45) is 0. The third kappa shape index (κ3) is 2.72. The van der Waals surface area contributed by atoms with Crippen LogP contribution < -0.4 is 5.32 Å². The predicted molar refractivity (Wildman–Crippen MR) is 112 cm³/mol. The Labute approximate surface area is 178 Å². The van der Waals surface area contributed by atoms with Crippen molar-refractivity contribution in [3.05, 3.63) is 78.9 Å². The highest BCUT2D eigenvalue weighted by Gasteiger charge is 2.43. The topological polar surface area (TPSA) is 75.6 Å². The van der Waals surface area contributed by atoms with Gasteiger partial charge in [0.15, 0.2) is 5.78 Å². The minimum absolute atomic E-state index is 0.0493. The lowest BCUT2D eigenvalue weighted by Crippen LogP contribution is -2.29. The number of ether oxygens (including phenoxy) is 1. The Morgan fingerprint density at radius 3 is 2.36 bits per heavy atom. The molecule has 0 fully saturated rings. The van der Waals surface area contributed by atoms with Crippen LogP contribution in [-0.2, 0) is 9.53 Å². The smallest absolute Gasteiger partial charge is 0.336 e. The van der Waals surface area contributed by atoms with Gasteiger partial charge in [0.05, 0.1) is 27.3 Å². The van der Waals surface area contributed by atoms with Crippen LogP contribution in [0.1, 0.15) is 34.3 Å². The zero-order valence-corrected chi connectivity index (χ0v) is 18.1. The second-order valence-corrected chi connectivity index (χ2v) is 8.29. The first-order valence-corrected chi connectivity index (χ1v) is 10.1. The number of fused-ring (bicyclic) bond motifs is 2. The van der Waals surface area contributed by atoms with Gasteiger partial charge in [-0.15, -0.1) is 0 Å². The number of rotatable bonds is 2. The number of ketones is 1. The van der Waals surface area contributed by atoms with Crippen molar-refractivity contribution in [3.63, 3.8) is 0 Å². The van der Waals surface area contributed by atoms with E-state index in [2.05, 4.69) is 37.2 Å². The Morgan fingerprint density at radius 2 is 1.75 bits per heavy atom. The Bertz CT molecular complexity index is 1090. The number of hydrogen-bond acceptors (Lipinski definition) is 5. The molecule has 2 N–H and O–H groups in total. The van der Waals surface area contributed by atoms with Crippen LogP contribution in [0.25, 0.3) is 5.70 Å². The van der Waals surface area contributed by atoms with Crippen LogP contribution in [-0.4, -0.2) is 24.0 Å². The van der Waals surface area contributed by atoms with Gasteiger partial charge < -0.3 is 15.2 Å². The summed E-state index contributed by atoms with van der Waals surface area (Å²) in [5, 5.41) is 13.3. The summed E-state index contributed by atoms with van der Waals surface area (Å²) in [5.74, 6) is -1.21. The van der Waals surface area contributed by atoms with Gasteiger partial charge in [-0.1, -0.05) is 24.3 Å². The second-order valence-electron chi connectivity index (χ2n) is 6.58. The zero-order chi connectivity index (χ0) is 20.2. The number of allylic oxidation sites excluding steroid dienone is 2. The monoisotopic (exact) mass is 503 g/mol. The number of phenols is 1. The predicted octanol–water partition coefficient (Wildman–Crippen LogP) is 4.66. The molecule has 2 aromatic rings. The molecule has 2 aromatic carbocycles. The third-order valence-electron chi connectivity index (χ3n) is 5.03. The number of hydrogen-bond donors (Lipinski definition) is 2. The lowest BCUT2D eigenvalue weighted by molar-refractivity contribution is -0.136. The normalized spacial score (nSPS) is 18.0. The fourth-order valence-corrected chi connectivity index (χ4v) is 5.02. The number of aromatic hydroxyl groups is 1. The van der Waals surface area contributed by atoms with Crippen molar-refractivity contribution >= 4 is 49.3 Å². The van der Waals surface area contributed by atoms with E-state index in [4.69, 9.17) is 4.74 Å². The molecule has 1 heterocycles. The first kappa shape index (κ1) is 19.0. The molecule has 0 aromatic heterocycles. The highest BCUT2D eigenvalue weighted by molar-refractivity contribution is 9.11. The molecule has 1 aliphatic heterocycles. The van der Waals surface area contributed by atoms with Crippen LogP contribution in [0.5, 0.6) is 5.75 Å². The van der Waals surface area contributed by atoms with Crippen LogP contribution in [0, 0.1) is 0 Å². The van der Waals surface area contributed by atoms with Gasteiger partial charge >= 0.3 is 5.97 Å². The molecular weight excluding hydrogens is 490 g/mol. The number of halogens is 2. The van der Waals surface area contributed by atoms with Crippen molar-refractivity contribution in [2.45, 2.75) is 12.8 Å². The molecule has 0 saturated heterocycles. The average Bonchev–Trinajstić information content (AvgIpc) is 2.96. The molecule has 0 radical (unpaired) electrons. The molecule has 0 bridgehead atoms. The largest absolute Gasteiger partial charge is 0.506 e. The molecule has 142 valence electrons. The number of carbonyl (C=O) groups excluding carboxylic acids is 2. The number of benzene rings is 2. The highest BCUT2D eigenvalue weighted by Crippen LogP contribution is 2.48. The van der Waals surface area contributed by atoms with Crippen LogP contribution in [0.15, 0.2) is 62.2 Å². The van der Waals surface area contributed by atoms with Crippen molar-refractivity contribution in [3.8, 4) is 5.75 Å². The first-order valence-electron chi connectivity index (χ1n) is 8.47. The van der Waals surface area contributed by atoms with Crippen LogP contribution in [0.3, 0.4) is 0 Å². The van der Waals surface area contributed by atoms with Gasteiger partial charge in [-0.25, -0.2) is 4.79 Å². The van der Waals surface area contributed by atoms with E-state index in [1.807, 2.05) is 18.2 Å². The van der Waals surface area contributed by atoms with Crippen LogP contribution in [0.4, 0.5) is 0 Å². The molecule has 4 rings (SSSR count). The van der Waals surface area contributed by atoms with Gasteiger partial charge in [0.25, 0.3) is 0 Å². The van der Waals surface area contributed by atoms with E-state index < -0.39 is 11.9 Å². The second kappa shape index (κ2) is 6.90. The van der Waals surface area contributed by atoms with E-state index in [1.165, 1.54) is 7.11 Å². The van der Waals surface area contributed by atoms with Crippen molar-refractivity contribution in [2.75, 3.05) is 7.11 Å². The maximum Gasteiger partial charge on any atom is 0.336 e. The Hall–Kier alpha value is -2.38. The van der Waals surface area contributed by atoms with E-state index in [0.29, 0.717) is 42.6 Å². The lowest BCUT2D eigenvalue weighted by Gasteiger charge is -2.29. The number of Topliss-reactive ketones (excluding diaryl/α,β-unsaturated/α-hetero) is 1. The van der Waals surface area contributed by atoms with Gasteiger partial charge in [0.1, 0.15) is 5.75 Å². The summed E-state index contributed by atoms with van der Waals surface area (Å²) < 4.78 is 5.93. The van der Waals surface area contributed by atoms with E-state index >= 15 is 0 Å². The van der Waals surface area contributed by atoms with Crippen LogP contribution >= 0.6 is 31.9 Å². The van der Waals surface area contributed by atoms with Crippen LogP contribution in [0.2, 0.25) is 0 Å². The molecule has 0 spiro atoms. The maximum atomic E-state index is 13.3. The Morgan fingerprint density at radius 1 is 1.14 bits per heavy atom. The van der Waals surface area contributed by atoms with Crippen molar-refractivity contribution in [2.24, 2.45) is 0 Å². The minimum Gasteiger partial charge on any atom is -0.506 e. The van der Waals surface area contributed by atoms with Gasteiger partial charge in [0, 0.05) is 28.3 Å². The summed E-state index contributed by atoms with van der Waals surface area (Å²) in [6, 6.07) is 10.8. The summed E-state index contributed by atoms with van der Waals surface area (Å²) in [4.78, 5) is 25.9. The van der Waals surface area contributed by atoms with E-state index in [0.717, 1.165) is 5.56 Å². The van der Waals surface area contributed by atoms with E-state index in [9.17, 15) is 14.7 Å². The third-order valence-corrected chi connectivity index (χ3v) is 6.24. The van der Waals surface area contributed by atoms with Gasteiger partial charge in [-0.05, 0) is 56.5 Å². The number of carbonyl (C=O) groups is 2. The average molecular weight is 505 g/mol. The highest BCUT2D eigenvalue weighted by atomic mass is 79.9. The summed E-state index contributed by atoms with van der Waals surface area (Å²) in [6.45, 7) is 1.79. The Kier molecular flexibility index (Phi) is 4.67. The number of methoxy groups -OCH3 is 1. The summed E-state index contributed by atoms with van der Waals surface area (Å²) in [5.41, 5.74) is 4.29. The molecular formula is C21H15Br2NO4.